The molecule has 0 bridgehead atoms. The number of fused-ring (bicyclic) bond motifs is 1. The molecule has 5 nitrogen and oxygen atoms in total. The van der Waals surface area contributed by atoms with Crippen molar-refractivity contribution in [1.29, 1.82) is 0 Å². The number of aromatic amines is 1. The first-order valence-electron chi connectivity index (χ1n) is 9.09. The van der Waals surface area contributed by atoms with E-state index in [2.05, 4.69) is 9.97 Å². The number of pyridine rings is 1. The highest BCUT2D eigenvalue weighted by Gasteiger charge is 2.35. The summed E-state index contributed by atoms with van der Waals surface area (Å²) in [5.74, 6) is 0. The molecule has 2 heterocycles. The van der Waals surface area contributed by atoms with Crippen molar-refractivity contribution in [3.63, 3.8) is 0 Å². The van der Waals surface area contributed by atoms with Gasteiger partial charge in [0.2, 0.25) is 0 Å². The zero-order valence-corrected chi connectivity index (χ0v) is 16.8. The van der Waals surface area contributed by atoms with E-state index < -0.39 is 22.7 Å². The van der Waals surface area contributed by atoms with Crippen molar-refractivity contribution in [2.45, 2.75) is 32.5 Å². The molecule has 0 atom stereocenters. The van der Waals surface area contributed by atoms with Gasteiger partial charge in [0.15, 0.2) is 4.77 Å². The lowest BCUT2D eigenvalue weighted by Crippen LogP contribution is -2.21. The van der Waals surface area contributed by atoms with E-state index in [0.717, 1.165) is 18.1 Å². The topological polar surface area (TPSA) is 59.9 Å². The summed E-state index contributed by atoms with van der Waals surface area (Å²) in [4.78, 5) is 19.1. The summed E-state index contributed by atoms with van der Waals surface area (Å²) in [5.41, 5.74) is -0.296. The third-order valence-corrected chi connectivity index (χ3v) is 4.96. The Kier molecular flexibility index (Phi) is 6.18. The van der Waals surface area contributed by atoms with Crippen LogP contribution in [0.1, 0.15) is 24.5 Å². The lowest BCUT2D eigenvalue weighted by atomic mass is 10.0. The molecule has 0 fully saturated rings. The second-order valence-electron chi connectivity index (χ2n) is 6.56. The van der Waals surface area contributed by atoms with Gasteiger partial charge in [0.25, 0.3) is 5.56 Å². The molecule has 1 aromatic carbocycles. The number of halogens is 3. The lowest BCUT2D eigenvalue weighted by Gasteiger charge is -2.16. The molecule has 0 saturated heterocycles. The third kappa shape index (κ3) is 4.40. The first-order chi connectivity index (χ1) is 13.8. The quantitative estimate of drug-likeness (QED) is 0.460. The fourth-order valence-corrected chi connectivity index (χ4v) is 3.40. The second kappa shape index (κ2) is 8.46. The van der Waals surface area contributed by atoms with Crippen molar-refractivity contribution in [3.05, 3.63) is 56.6 Å². The van der Waals surface area contributed by atoms with E-state index in [1.807, 2.05) is 19.1 Å². The number of hydrogen-bond donors (Lipinski definition) is 1. The Morgan fingerprint density at radius 1 is 1.24 bits per heavy atom. The molecule has 1 N–H and O–H groups in total. The predicted octanol–water partition coefficient (Wildman–Crippen LogP) is 4.74. The van der Waals surface area contributed by atoms with Gasteiger partial charge in [-0.15, -0.1) is 0 Å². The number of rotatable bonds is 6. The zero-order valence-electron chi connectivity index (χ0n) is 16.0. The molecular weight excluding hydrogens is 403 g/mol. The predicted molar refractivity (Wildman–Crippen MR) is 107 cm³/mol. The van der Waals surface area contributed by atoms with E-state index in [1.165, 1.54) is 11.7 Å². The van der Waals surface area contributed by atoms with Gasteiger partial charge in [0.05, 0.1) is 16.6 Å². The fourth-order valence-electron chi connectivity index (χ4n) is 3.13. The van der Waals surface area contributed by atoms with E-state index >= 15 is 0 Å². The fraction of sp³-hybridized carbons (Fsp3) is 0.350. The van der Waals surface area contributed by atoms with Gasteiger partial charge in [0, 0.05) is 25.8 Å². The summed E-state index contributed by atoms with van der Waals surface area (Å²) in [6, 6.07) is 8.06. The number of H-pyrrole nitrogens is 1. The highest BCUT2D eigenvalue weighted by Crippen LogP contribution is 2.35. The average molecular weight is 423 g/mol. The van der Waals surface area contributed by atoms with E-state index in [1.54, 1.807) is 12.1 Å². The highest BCUT2D eigenvalue weighted by molar-refractivity contribution is 7.71. The normalized spacial score (nSPS) is 11.9. The van der Waals surface area contributed by atoms with Crippen LogP contribution in [-0.2, 0) is 23.9 Å². The molecule has 0 spiro atoms. The number of methoxy groups -OCH3 is 1. The van der Waals surface area contributed by atoms with Gasteiger partial charge in [-0.05, 0) is 36.7 Å². The van der Waals surface area contributed by atoms with E-state index in [-0.39, 0.29) is 22.7 Å². The number of ether oxygens (including phenoxy) is 1. The van der Waals surface area contributed by atoms with Crippen LogP contribution in [-0.4, -0.2) is 28.3 Å². The lowest BCUT2D eigenvalue weighted by molar-refractivity contribution is -0.136. The van der Waals surface area contributed by atoms with Gasteiger partial charge in [-0.25, -0.2) is 4.98 Å². The summed E-state index contributed by atoms with van der Waals surface area (Å²) in [5, 5.41) is -0.516. The van der Waals surface area contributed by atoms with Crippen LogP contribution in [0.2, 0.25) is 0 Å². The van der Waals surface area contributed by atoms with Gasteiger partial charge in [-0.1, -0.05) is 31.2 Å². The van der Waals surface area contributed by atoms with Crippen LogP contribution in [0.4, 0.5) is 13.2 Å². The average Bonchev–Trinajstić information content (AvgIpc) is 2.69. The molecular formula is C20H20F3N3O2S. The zero-order chi connectivity index (χ0) is 21.2. The van der Waals surface area contributed by atoms with Gasteiger partial charge < -0.3 is 9.30 Å². The number of benzene rings is 1. The third-order valence-electron chi connectivity index (χ3n) is 4.64. The van der Waals surface area contributed by atoms with Crippen LogP contribution in [0, 0.1) is 4.77 Å². The Bertz CT molecular complexity index is 1140. The number of aryl methyl sites for hydroxylation is 2. The molecule has 0 aliphatic rings. The van der Waals surface area contributed by atoms with E-state index in [0.29, 0.717) is 18.6 Å². The maximum atomic E-state index is 13.8. The van der Waals surface area contributed by atoms with Crippen molar-refractivity contribution < 1.29 is 17.9 Å². The van der Waals surface area contributed by atoms with Crippen LogP contribution in [0.5, 0.6) is 0 Å². The Labute approximate surface area is 170 Å². The van der Waals surface area contributed by atoms with Crippen LogP contribution >= 0.6 is 12.2 Å². The smallest absolute Gasteiger partial charge is 0.385 e. The summed E-state index contributed by atoms with van der Waals surface area (Å²) < 4.78 is 47.9. The highest BCUT2D eigenvalue weighted by atomic mass is 32.1. The number of nitrogens with zero attached hydrogens (tertiary/aromatic N) is 2. The van der Waals surface area contributed by atoms with Crippen LogP contribution in [0.3, 0.4) is 0 Å². The number of aromatic nitrogens is 3. The molecule has 29 heavy (non-hydrogen) atoms. The molecule has 0 amide bonds. The van der Waals surface area contributed by atoms with Gasteiger partial charge in [-0.2, -0.15) is 13.2 Å². The molecule has 3 rings (SSSR count). The molecule has 0 aliphatic carbocycles. The van der Waals surface area contributed by atoms with Crippen molar-refractivity contribution in [2.75, 3.05) is 13.7 Å². The van der Waals surface area contributed by atoms with Gasteiger partial charge in [0.1, 0.15) is 5.65 Å². The molecule has 0 unspecified atom stereocenters. The molecule has 2 aromatic heterocycles. The SMILES string of the molecule is CCc1ccc(-c2cc(C(F)(F)F)c3c(=O)[nH]c(=S)n(CCCOC)c3n2)cc1. The van der Waals surface area contributed by atoms with Crippen molar-refractivity contribution >= 4 is 23.3 Å². The Morgan fingerprint density at radius 2 is 1.93 bits per heavy atom. The van der Waals surface area contributed by atoms with Crippen LogP contribution < -0.4 is 5.56 Å². The maximum Gasteiger partial charge on any atom is 0.417 e. The van der Waals surface area contributed by atoms with Gasteiger partial charge in [-0.3, -0.25) is 9.78 Å². The van der Waals surface area contributed by atoms with Crippen LogP contribution in [0.25, 0.3) is 22.3 Å². The Morgan fingerprint density at radius 3 is 2.52 bits per heavy atom. The second-order valence-corrected chi connectivity index (χ2v) is 6.95. The number of hydrogen-bond acceptors (Lipinski definition) is 4. The van der Waals surface area contributed by atoms with Gasteiger partial charge >= 0.3 is 6.18 Å². The van der Waals surface area contributed by atoms with Crippen molar-refractivity contribution in [1.82, 2.24) is 14.5 Å². The molecule has 9 heteroatoms. The molecule has 3 aromatic rings. The Hall–Kier alpha value is -2.52. The largest absolute Gasteiger partial charge is 0.417 e. The minimum Gasteiger partial charge on any atom is -0.385 e. The van der Waals surface area contributed by atoms with Crippen molar-refractivity contribution in [2.24, 2.45) is 0 Å². The molecule has 0 aliphatic heterocycles. The summed E-state index contributed by atoms with van der Waals surface area (Å²) in [7, 11) is 1.53. The summed E-state index contributed by atoms with van der Waals surface area (Å²) >= 11 is 5.19. The summed E-state index contributed by atoms with van der Waals surface area (Å²) in [6.45, 7) is 2.65. The number of alkyl halides is 3. The van der Waals surface area contributed by atoms with Crippen LogP contribution in [0.15, 0.2) is 35.1 Å². The molecule has 154 valence electrons. The monoisotopic (exact) mass is 423 g/mol. The van der Waals surface area contributed by atoms with E-state index in [4.69, 9.17) is 17.0 Å². The maximum absolute atomic E-state index is 13.8. The van der Waals surface area contributed by atoms with Crippen molar-refractivity contribution in [3.8, 4) is 11.3 Å². The minimum absolute atomic E-state index is 0.0257. The van der Waals surface area contributed by atoms with E-state index in [9.17, 15) is 18.0 Å². The molecule has 0 saturated carbocycles. The standard InChI is InChI=1S/C20H20F3N3O2S/c1-3-12-5-7-13(8-6-12)15-11-14(20(21,22)23)16-17(24-15)26(9-4-10-28-2)19(29)25-18(16)27/h5-8,11H,3-4,9-10H2,1-2H3,(H,25,27,29). The summed E-state index contributed by atoms with van der Waals surface area (Å²) in [6.07, 6.45) is -3.41. The number of nitrogens with one attached hydrogen (secondary N) is 1. The Balaban J connectivity index is 2.32. The first-order valence-corrected chi connectivity index (χ1v) is 9.50. The molecule has 0 radical (unpaired) electrons. The minimum atomic E-state index is -4.72. The first kappa shape index (κ1) is 21.2.